The zero-order chi connectivity index (χ0) is 14.6. The van der Waals surface area contributed by atoms with E-state index in [-0.39, 0.29) is 6.61 Å². The highest BCUT2D eigenvalue weighted by atomic mass is 33.1. The van der Waals surface area contributed by atoms with Gasteiger partial charge in [0.1, 0.15) is 29.9 Å². The van der Waals surface area contributed by atoms with Gasteiger partial charge < -0.3 is 29.6 Å². The Morgan fingerprint density at radius 1 is 1.05 bits per heavy atom. The maximum atomic E-state index is 9.83. The standard InChI is InChI=1S/C11H24NO5S2/c1-12(2,3)4-5-18-19-11-10(16)9(15)8(14)7(6-13)17-11/h7-11,13-16H,4-6H2,1-3H3/q+1/t7-,8-,9+,10-,11+/m1/s1. The summed E-state index contributed by atoms with van der Waals surface area (Å²) in [4.78, 5) is 0. The highest BCUT2D eigenvalue weighted by Crippen LogP contribution is 2.35. The van der Waals surface area contributed by atoms with E-state index in [4.69, 9.17) is 9.84 Å². The molecular formula is C11H24NO5S2+. The number of hydrogen-bond donors (Lipinski definition) is 4. The van der Waals surface area contributed by atoms with E-state index in [1.165, 1.54) is 10.8 Å². The number of aliphatic hydroxyl groups is 4. The molecule has 0 saturated carbocycles. The molecule has 0 aliphatic carbocycles. The Hall–Kier alpha value is 0.460. The van der Waals surface area contributed by atoms with E-state index in [1.807, 2.05) is 0 Å². The molecule has 0 unspecified atom stereocenters. The van der Waals surface area contributed by atoms with Gasteiger partial charge in [-0.2, -0.15) is 0 Å². The summed E-state index contributed by atoms with van der Waals surface area (Å²) in [5, 5.41) is 38.2. The summed E-state index contributed by atoms with van der Waals surface area (Å²) in [7, 11) is 9.16. The van der Waals surface area contributed by atoms with E-state index in [0.717, 1.165) is 16.8 Å². The highest BCUT2D eigenvalue weighted by molar-refractivity contribution is 8.76. The van der Waals surface area contributed by atoms with Crippen molar-refractivity contribution in [3.05, 3.63) is 0 Å². The van der Waals surface area contributed by atoms with Crippen LogP contribution in [0, 0.1) is 0 Å². The molecule has 1 aliphatic rings. The Bertz CT molecular complexity index is 274. The Morgan fingerprint density at radius 2 is 1.68 bits per heavy atom. The highest BCUT2D eigenvalue weighted by Gasteiger charge is 2.43. The topological polar surface area (TPSA) is 90.2 Å². The van der Waals surface area contributed by atoms with E-state index in [9.17, 15) is 15.3 Å². The van der Waals surface area contributed by atoms with E-state index in [2.05, 4.69) is 21.1 Å². The Morgan fingerprint density at radius 3 is 2.21 bits per heavy atom. The van der Waals surface area contributed by atoms with Crippen LogP contribution < -0.4 is 0 Å². The lowest BCUT2D eigenvalue weighted by atomic mass is 10.0. The van der Waals surface area contributed by atoms with Crippen molar-refractivity contribution < 1.29 is 29.6 Å². The van der Waals surface area contributed by atoms with Gasteiger partial charge in [-0.3, -0.25) is 0 Å². The molecule has 1 saturated heterocycles. The van der Waals surface area contributed by atoms with Gasteiger partial charge in [0.25, 0.3) is 0 Å². The third kappa shape index (κ3) is 5.39. The van der Waals surface area contributed by atoms with Crippen molar-refractivity contribution in [2.45, 2.75) is 29.9 Å². The molecule has 114 valence electrons. The fourth-order valence-corrected chi connectivity index (χ4v) is 4.28. The smallest absolute Gasteiger partial charge is 0.142 e. The van der Waals surface area contributed by atoms with Crippen molar-refractivity contribution in [3.63, 3.8) is 0 Å². The molecule has 0 radical (unpaired) electrons. The van der Waals surface area contributed by atoms with Crippen molar-refractivity contribution in [2.75, 3.05) is 40.0 Å². The van der Waals surface area contributed by atoms with E-state index < -0.39 is 29.9 Å². The molecule has 19 heavy (non-hydrogen) atoms. The molecule has 0 bridgehead atoms. The van der Waals surface area contributed by atoms with Crippen LogP contribution in [0.1, 0.15) is 0 Å². The van der Waals surface area contributed by atoms with Crippen molar-refractivity contribution in [3.8, 4) is 0 Å². The molecule has 8 heteroatoms. The zero-order valence-corrected chi connectivity index (χ0v) is 13.1. The van der Waals surface area contributed by atoms with E-state index in [0.29, 0.717) is 0 Å². The predicted octanol–water partition coefficient (Wildman–Crippen LogP) is -1.13. The van der Waals surface area contributed by atoms with Crippen LogP contribution in [0.25, 0.3) is 0 Å². The van der Waals surface area contributed by atoms with Crippen molar-refractivity contribution in [1.82, 2.24) is 0 Å². The summed E-state index contributed by atoms with van der Waals surface area (Å²) in [6.07, 6.45) is -4.55. The number of ether oxygens (including phenoxy) is 1. The molecule has 6 nitrogen and oxygen atoms in total. The second-order valence-electron chi connectivity index (χ2n) is 5.63. The van der Waals surface area contributed by atoms with Crippen molar-refractivity contribution >= 4 is 21.6 Å². The summed E-state index contributed by atoms with van der Waals surface area (Å²) in [5.41, 5.74) is -0.645. The second-order valence-corrected chi connectivity index (χ2v) is 8.21. The quantitative estimate of drug-likeness (QED) is 0.280. The summed E-state index contributed by atoms with van der Waals surface area (Å²) < 4.78 is 6.24. The van der Waals surface area contributed by atoms with Crippen molar-refractivity contribution in [2.24, 2.45) is 0 Å². The fraction of sp³-hybridized carbons (Fsp3) is 1.00. The maximum Gasteiger partial charge on any atom is 0.142 e. The molecule has 4 N–H and O–H groups in total. The van der Waals surface area contributed by atoms with Gasteiger partial charge in [0.2, 0.25) is 0 Å². The second kappa shape index (κ2) is 7.46. The van der Waals surface area contributed by atoms with E-state index >= 15 is 0 Å². The van der Waals surface area contributed by atoms with Gasteiger partial charge in [0, 0.05) is 0 Å². The summed E-state index contributed by atoms with van der Waals surface area (Å²) >= 11 is 0. The molecule has 0 aromatic rings. The average Bonchev–Trinajstić information content (AvgIpc) is 2.33. The average molecular weight is 314 g/mol. The van der Waals surface area contributed by atoms with Crippen LogP contribution in [-0.4, -0.2) is 94.8 Å². The van der Waals surface area contributed by atoms with Crippen LogP contribution in [0.3, 0.4) is 0 Å². The molecule has 5 atom stereocenters. The SMILES string of the molecule is C[N+](C)(C)CCSS[C@@H]1O[C@H](CO)[C@@H](O)[C@H](O)[C@H]1O. The van der Waals surface area contributed by atoms with Crippen LogP contribution in [0.5, 0.6) is 0 Å². The third-order valence-electron chi connectivity index (χ3n) is 2.86. The molecule has 1 rings (SSSR count). The zero-order valence-electron chi connectivity index (χ0n) is 11.5. The molecule has 0 spiro atoms. The molecule has 1 fully saturated rings. The number of quaternary nitrogens is 1. The van der Waals surface area contributed by atoms with Crippen LogP contribution in [0.2, 0.25) is 0 Å². The molecule has 0 aromatic heterocycles. The maximum absolute atomic E-state index is 9.83. The fourth-order valence-electron chi connectivity index (χ4n) is 1.57. The Kier molecular flexibility index (Phi) is 6.88. The molecule has 1 aliphatic heterocycles. The first-order valence-corrected chi connectivity index (χ1v) is 8.53. The molecule has 0 amide bonds. The molecular weight excluding hydrogens is 290 g/mol. The third-order valence-corrected chi connectivity index (χ3v) is 5.40. The van der Waals surface area contributed by atoms with Gasteiger partial charge in [-0.05, 0) is 0 Å². The number of rotatable bonds is 6. The van der Waals surface area contributed by atoms with Crippen LogP contribution >= 0.6 is 21.6 Å². The van der Waals surface area contributed by atoms with Gasteiger partial charge in [-0.25, -0.2) is 0 Å². The number of nitrogens with zero attached hydrogens (tertiary/aromatic N) is 1. The van der Waals surface area contributed by atoms with Gasteiger partial charge in [-0.15, -0.1) is 0 Å². The lowest BCUT2D eigenvalue weighted by molar-refractivity contribution is -0.867. The molecule has 0 aromatic carbocycles. The van der Waals surface area contributed by atoms with Gasteiger partial charge in [-0.1, -0.05) is 21.6 Å². The predicted molar refractivity (Wildman–Crippen MR) is 76.7 cm³/mol. The van der Waals surface area contributed by atoms with Gasteiger partial charge in [0.15, 0.2) is 0 Å². The summed E-state index contributed by atoms with van der Waals surface area (Å²) in [6.45, 7) is 0.584. The minimum Gasteiger partial charge on any atom is -0.394 e. The first kappa shape index (κ1) is 17.5. The van der Waals surface area contributed by atoms with Crippen LogP contribution in [0.4, 0.5) is 0 Å². The summed E-state index contributed by atoms with van der Waals surface area (Å²) in [5.74, 6) is 0.878. The Labute approximate surface area is 121 Å². The number of aliphatic hydroxyl groups excluding tert-OH is 4. The van der Waals surface area contributed by atoms with Gasteiger partial charge in [0.05, 0.1) is 40.0 Å². The van der Waals surface area contributed by atoms with Gasteiger partial charge >= 0.3 is 0 Å². The summed E-state index contributed by atoms with van der Waals surface area (Å²) in [6, 6.07) is 0. The number of hydrogen-bond acceptors (Lipinski definition) is 7. The molecule has 1 heterocycles. The first-order valence-electron chi connectivity index (χ1n) is 6.15. The minimum atomic E-state index is -1.29. The largest absolute Gasteiger partial charge is 0.394 e. The van der Waals surface area contributed by atoms with E-state index in [1.54, 1.807) is 10.8 Å². The Balaban J connectivity index is 2.40. The minimum absolute atomic E-state index is 0.383. The normalized spacial score (nSPS) is 36.5. The first-order chi connectivity index (χ1) is 8.76. The van der Waals surface area contributed by atoms with Crippen LogP contribution in [-0.2, 0) is 4.74 Å². The lowest BCUT2D eigenvalue weighted by Gasteiger charge is -2.39. The van der Waals surface area contributed by atoms with Crippen molar-refractivity contribution in [1.29, 1.82) is 0 Å². The van der Waals surface area contributed by atoms with Crippen LogP contribution in [0.15, 0.2) is 0 Å². The lowest BCUT2D eigenvalue weighted by Crippen LogP contribution is -2.57. The monoisotopic (exact) mass is 314 g/mol.